The fourth-order valence-electron chi connectivity index (χ4n) is 3.45. The number of nitrogens with one attached hydrogen (secondary N) is 2. The van der Waals surface area contributed by atoms with Crippen molar-refractivity contribution in [3.8, 4) is 0 Å². The van der Waals surface area contributed by atoms with E-state index in [2.05, 4.69) is 20.5 Å². The molecule has 2 saturated heterocycles. The van der Waals surface area contributed by atoms with Crippen molar-refractivity contribution in [3.05, 3.63) is 0 Å². The van der Waals surface area contributed by atoms with Gasteiger partial charge in [0.05, 0.1) is 6.61 Å². The van der Waals surface area contributed by atoms with Gasteiger partial charge in [0, 0.05) is 72.8 Å². The quantitative estimate of drug-likeness (QED) is 0.341. The molecule has 0 radical (unpaired) electrons. The number of ether oxygens (including phenoxy) is 3. The van der Waals surface area contributed by atoms with Gasteiger partial charge in [-0.1, -0.05) is 0 Å². The van der Waals surface area contributed by atoms with Gasteiger partial charge in [-0.25, -0.2) is 0 Å². The third-order valence-electron chi connectivity index (χ3n) is 5.22. The topological polar surface area (TPSA) is 67.4 Å². The first-order valence-corrected chi connectivity index (χ1v) is 10.2. The first kappa shape index (κ1) is 21.4. The maximum atomic E-state index is 5.81. The van der Waals surface area contributed by atoms with Crippen molar-refractivity contribution in [1.82, 2.24) is 15.5 Å². The minimum Gasteiger partial charge on any atom is -0.383 e. The second kappa shape index (κ2) is 13.3. The van der Waals surface area contributed by atoms with Crippen LogP contribution in [0.25, 0.3) is 0 Å². The Bertz CT molecular complexity index is 381. The number of methoxy groups -OCH3 is 1. The van der Waals surface area contributed by atoms with Gasteiger partial charge in [0.15, 0.2) is 5.96 Å². The molecule has 7 heteroatoms. The van der Waals surface area contributed by atoms with Crippen molar-refractivity contribution in [2.45, 2.75) is 38.1 Å². The van der Waals surface area contributed by atoms with E-state index < -0.39 is 0 Å². The third-order valence-corrected chi connectivity index (χ3v) is 5.22. The van der Waals surface area contributed by atoms with Crippen LogP contribution in [0, 0.1) is 5.92 Å². The fraction of sp³-hybridized carbons (Fsp3) is 0.947. The average Bonchev–Trinajstić information content (AvgIpc) is 2.69. The average molecular weight is 371 g/mol. The Labute approximate surface area is 158 Å². The normalized spacial score (nSPS) is 21.1. The summed E-state index contributed by atoms with van der Waals surface area (Å²) in [5.41, 5.74) is 0. The van der Waals surface area contributed by atoms with Gasteiger partial charge >= 0.3 is 0 Å². The molecule has 2 heterocycles. The van der Waals surface area contributed by atoms with Crippen molar-refractivity contribution in [1.29, 1.82) is 0 Å². The smallest absolute Gasteiger partial charge is 0.191 e. The molecule has 152 valence electrons. The SMILES string of the molecule is CN=C(NCCCOCC1CCOCC1)NC1CCN(CCOC)CC1. The first-order valence-electron chi connectivity index (χ1n) is 10.2. The third kappa shape index (κ3) is 8.66. The maximum Gasteiger partial charge on any atom is 0.191 e. The zero-order chi connectivity index (χ0) is 18.5. The number of aliphatic imine (C=N–C) groups is 1. The van der Waals surface area contributed by atoms with Gasteiger partial charge in [-0.2, -0.15) is 0 Å². The lowest BCUT2D eigenvalue weighted by molar-refractivity contribution is 0.0203. The van der Waals surface area contributed by atoms with Crippen LogP contribution >= 0.6 is 0 Å². The monoisotopic (exact) mass is 370 g/mol. The second-order valence-electron chi connectivity index (χ2n) is 7.24. The number of nitrogens with zero attached hydrogens (tertiary/aromatic N) is 2. The molecule has 0 bridgehead atoms. The molecule has 0 aliphatic carbocycles. The highest BCUT2D eigenvalue weighted by atomic mass is 16.5. The molecule has 26 heavy (non-hydrogen) atoms. The molecule has 2 rings (SSSR count). The van der Waals surface area contributed by atoms with Crippen LogP contribution in [-0.4, -0.2) is 90.3 Å². The molecule has 0 unspecified atom stereocenters. The lowest BCUT2D eigenvalue weighted by Gasteiger charge is -2.32. The van der Waals surface area contributed by atoms with Crippen molar-refractivity contribution in [2.75, 3.05) is 73.4 Å². The highest BCUT2D eigenvalue weighted by Crippen LogP contribution is 2.14. The van der Waals surface area contributed by atoms with Gasteiger partial charge in [-0.05, 0) is 38.0 Å². The molecule has 7 nitrogen and oxygen atoms in total. The van der Waals surface area contributed by atoms with Crippen LogP contribution in [0.3, 0.4) is 0 Å². The van der Waals surface area contributed by atoms with E-state index in [1.54, 1.807) is 7.11 Å². The summed E-state index contributed by atoms with van der Waals surface area (Å²) in [7, 11) is 3.60. The second-order valence-corrected chi connectivity index (χ2v) is 7.24. The Hall–Kier alpha value is -0.890. The van der Waals surface area contributed by atoms with Crippen LogP contribution in [0.15, 0.2) is 4.99 Å². The summed E-state index contributed by atoms with van der Waals surface area (Å²) in [5.74, 6) is 1.59. The summed E-state index contributed by atoms with van der Waals surface area (Å²) in [6, 6.07) is 0.504. The molecule has 2 aliphatic rings. The molecular formula is C19H38N4O3. The molecule has 2 fully saturated rings. The Kier molecular flexibility index (Phi) is 11.0. The Morgan fingerprint density at radius 3 is 2.62 bits per heavy atom. The lowest BCUT2D eigenvalue weighted by atomic mass is 10.0. The molecule has 2 N–H and O–H groups in total. The number of hydrogen-bond acceptors (Lipinski definition) is 5. The molecule has 0 aromatic carbocycles. The van der Waals surface area contributed by atoms with Crippen LogP contribution in [-0.2, 0) is 14.2 Å². The van der Waals surface area contributed by atoms with Gasteiger partial charge < -0.3 is 29.7 Å². The van der Waals surface area contributed by atoms with E-state index >= 15 is 0 Å². The Morgan fingerprint density at radius 2 is 1.92 bits per heavy atom. The van der Waals surface area contributed by atoms with E-state index in [-0.39, 0.29) is 0 Å². The van der Waals surface area contributed by atoms with Gasteiger partial charge in [0.25, 0.3) is 0 Å². The van der Waals surface area contributed by atoms with Crippen molar-refractivity contribution < 1.29 is 14.2 Å². The Balaban J connectivity index is 1.49. The summed E-state index contributed by atoms with van der Waals surface area (Å²) in [6.45, 7) is 8.45. The van der Waals surface area contributed by atoms with Gasteiger partial charge in [0.1, 0.15) is 0 Å². The number of piperidine rings is 1. The van der Waals surface area contributed by atoms with Crippen molar-refractivity contribution in [2.24, 2.45) is 10.9 Å². The minimum atomic E-state index is 0.504. The van der Waals surface area contributed by atoms with Crippen LogP contribution in [0.1, 0.15) is 32.1 Å². The molecule has 0 atom stereocenters. The largest absolute Gasteiger partial charge is 0.383 e. The summed E-state index contributed by atoms with van der Waals surface area (Å²) in [6.07, 6.45) is 5.58. The summed E-state index contributed by atoms with van der Waals surface area (Å²) in [5, 5.41) is 6.96. The predicted molar refractivity (Wildman–Crippen MR) is 105 cm³/mol. The van der Waals surface area contributed by atoms with Crippen molar-refractivity contribution >= 4 is 5.96 Å². The van der Waals surface area contributed by atoms with Crippen molar-refractivity contribution in [3.63, 3.8) is 0 Å². The molecule has 0 aromatic rings. The molecule has 0 amide bonds. The fourth-order valence-corrected chi connectivity index (χ4v) is 3.45. The van der Waals surface area contributed by atoms with E-state index in [1.807, 2.05) is 7.05 Å². The maximum absolute atomic E-state index is 5.81. The van der Waals surface area contributed by atoms with Gasteiger partial charge in [-0.15, -0.1) is 0 Å². The minimum absolute atomic E-state index is 0.504. The number of likely N-dealkylation sites (tertiary alicyclic amines) is 1. The molecule has 0 aromatic heterocycles. The zero-order valence-electron chi connectivity index (χ0n) is 16.7. The molecule has 0 saturated carbocycles. The van der Waals surface area contributed by atoms with Crippen LogP contribution in [0.5, 0.6) is 0 Å². The summed E-state index contributed by atoms with van der Waals surface area (Å²) in [4.78, 5) is 6.81. The summed E-state index contributed by atoms with van der Waals surface area (Å²) < 4.78 is 16.3. The number of rotatable bonds is 10. The Morgan fingerprint density at radius 1 is 1.15 bits per heavy atom. The van der Waals surface area contributed by atoms with Crippen LogP contribution in [0.4, 0.5) is 0 Å². The van der Waals surface area contributed by atoms with E-state index in [0.717, 1.165) is 97.3 Å². The number of guanidine groups is 1. The van der Waals surface area contributed by atoms with E-state index in [4.69, 9.17) is 14.2 Å². The highest BCUT2D eigenvalue weighted by molar-refractivity contribution is 5.79. The first-order chi connectivity index (χ1) is 12.8. The van der Waals surface area contributed by atoms with Gasteiger partial charge in [0.2, 0.25) is 0 Å². The highest BCUT2D eigenvalue weighted by Gasteiger charge is 2.19. The molecule has 0 spiro atoms. The zero-order valence-corrected chi connectivity index (χ0v) is 16.7. The molecular weight excluding hydrogens is 332 g/mol. The predicted octanol–water partition coefficient (Wildman–Crippen LogP) is 1.10. The van der Waals surface area contributed by atoms with E-state index in [9.17, 15) is 0 Å². The van der Waals surface area contributed by atoms with Crippen LogP contribution in [0.2, 0.25) is 0 Å². The standard InChI is InChI=1S/C19H38N4O3/c1-20-19(22-18-4-9-23(10-5-18)11-15-24-2)21-8-3-12-26-16-17-6-13-25-14-7-17/h17-18H,3-16H2,1-2H3,(H2,20,21,22). The van der Waals surface area contributed by atoms with Gasteiger partial charge in [-0.3, -0.25) is 4.99 Å². The summed E-state index contributed by atoms with van der Waals surface area (Å²) >= 11 is 0. The molecule has 2 aliphatic heterocycles. The van der Waals surface area contributed by atoms with Crippen LogP contribution < -0.4 is 10.6 Å². The van der Waals surface area contributed by atoms with E-state index in [0.29, 0.717) is 12.0 Å². The van der Waals surface area contributed by atoms with E-state index in [1.165, 1.54) is 0 Å². The lowest BCUT2D eigenvalue weighted by Crippen LogP contribution is -2.49. The number of hydrogen-bond donors (Lipinski definition) is 2.